The molecule has 2 amide bonds. The van der Waals surface area contributed by atoms with Crippen molar-refractivity contribution in [2.24, 2.45) is 0 Å². The average molecular weight is 399 g/mol. The van der Waals surface area contributed by atoms with Crippen molar-refractivity contribution in [3.8, 4) is 11.1 Å². The zero-order chi connectivity index (χ0) is 21.5. The van der Waals surface area contributed by atoms with Crippen LogP contribution in [0, 0.1) is 20.8 Å². The van der Waals surface area contributed by atoms with Gasteiger partial charge in [-0.05, 0) is 60.7 Å². The minimum Gasteiger partial charge on any atom is -0.343 e. The fraction of sp³-hybridized carbons (Fsp3) is 0.154. The lowest BCUT2D eigenvalue weighted by molar-refractivity contribution is -0.121. The number of hydrogen-bond acceptors (Lipinski definition) is 2. The van der Waals surface area contributed by atoms with Crippen molar-refractivity contribution in [2.75, 3.05) is 11.9 Å². The molecule has 3 aromatic carbocycles. The molecule has 0 fully saturated rings. The van der Waals surface area contributed by atoms with Crippen LogP contribution in [0.5, 0.6) is 0 Å². The number of anilines is 1. The molecular formula is C26H26N2O2. The number of carbonyl (C=O) groups excluding carboxylic acids is 2. The van der Waals surface area contributed by atoms with Crippen molar-refractivity contribution >= 4 is 23.6 Å². The van der Waals surface area contributed by atoms with Gasteiger partial charge in [0.05, 0.1) is 6.54 Å². The summed E-state index contributed by atoms with van der Waals surface area (Å²) in [5, 5.41) is 5.51. The zero-order valence-corrected chi connectivity index (χ0v) is 17.5. The van der Waals surface area contributed by atoms with Crippen molar-refractivity contribution in [1.82, 2.24) is 5.32 Å². The molecule has 3 rings (SSSR count). The molecule has 0 aromatic heterocycles. The summed E-state index contributed by atoms with van der Waals surface area (Å²) in [6, 6.07) is 22.1. The second-order valence-electron chi connectivity index (χ2n) is 7.36. The Morgan fingerprint density at radius 2 is 1.50 bits per heavy atom. The van der Waals surface area contributed by atoms with E-state index >= 15 is 0 Å². The van der Waals surface area contributed by atoms with E-state index < -0.39 is 0 Å². The first-order valence-corrected chi connectivity index (χ1v) is 9.91. The zero-order valence-electron chi connectivity index (χ0n) is 17.5. The smallest absolute Gasteiger partial charge is 0.244 e. The first-order valence-electron chi connectivity index (χ1n) is 9.91. The van der Waals surface area contributed by atoms with Gasteiger partial charge in [0, 0.05) is 11.8 Å². The Bertz CT molecular complexity index is 1060. The topological polar surface area (TPSA) is 58.2 Å². The van der Waals surface area contributed by atoms with Crippen LogP contribution >= 0.6 is 0 Å². The number of carbonyl (C=O) groups is 2. The van der Waals surface area contributed by atoms with E-state index in [1.807, 2.05) is 87.5 Å². The Morgan fingerprint density at radius 1 is 0.833 bits per heavy atom. The summed E-state index contributed by atoms with van der Waals surface area (Å²) in [7, 11) is 0. The Kier molecular flexibility index (Phi) is 6.81. The van der Waals surface area contributed by atoms with Crippen LogP contribution in [0.1, 0.15) is 22.3 Å². The van der Waals surface area contributed by atoms with Crippen LogP contribution in [-0.2, 0) is 9.59 Å². The standard InChI is InChI=1S/C26H26N2O2/c1-18-14-19(2)26(20(3)15-18)28-25(30)17-27-24(29)13-12-21-8-7-11-23(16-21)22-9-5-4-6-10-22/h4-16H,17H2,1-3H3,(H,27,29)(H,28,30). The maximum Gasteiger partial charge on any atom is 0.244 e. The number of amides is 2. The van der Waals surface area contributed by atoms with Crippen LogP contribution in [0.25, 0.3) is 17.2 Å². The first kappa shape index (κ1) is 21.1. The molecule has 4 heteroatoms. The van der Waals surface area contributed by atoms with E-state index in [9.17, 15) is 9.59 Å². The Hall–Kier alpha value is -3.66. The van der Waals surface area contributed by atoms with Crippen molar-refractivity contribution in [3.63, 3.8) is 0 Å². The molecule has 0 aliphatic heterocycles. The molecule has 4 nitrogen and oxygen atoms in total. The Morgan fingerprint density at radius 3 is 2.20 bits per heavy atom. The van der Waals surface area contributed by atoms with Crippen molar-refractivity contribution in [1.29, 1.82) is 0 Å². The summed E-state index contributed by atoms with van der Waals surface area (Å²) < 4.78 is 0. The molecule has 0 unspecified atom stereocenters. The quantitative estimate of drug-likeness (QED) is 0.571. The minimum absolute atomic E-state index is 0.0833. The van der Waals surface area contributed by atoms with Crippen molar-refractivity contribution < 1.29 is 9.59 Å². The number of nitrogens with one attached hydrogen (secondary N) is 2. The molecule has 0 aliphatic carbocycles. The maximum absolute atomic E-state index is 12.2. The highest BCUT2D eigenvalue weighted by molar-refractivity contribution is 5.98. The molecule has 0 bridgehead atoms. The molecule has 0 spiro atoms. The SMILES string of the molecule is Cc1cc(C)c(NC(=O)CNC(=O)C=Cc2cccc(-c3ccccc3)c2)c(C)c1. The van der Waals surface area contributed by atoms with Gasteiger partial charge in [0.2, 0.25) is 11.8 Å². The largest absolute Gasteiger partial charge is 0.343 e. The van der Waals surface area contributed by atoms with Gasteiger partial charge in [0.1, 0.15) is 0 Å². The van der Waals surface area contributed by atoms with Crippen LogP contribution in [0.4, 0.5) is 5.69 Å². The van der Waals surface area contributed by atoms with Gasteiger partial charge in [-0.1, -0.05) is 66.2 Å². The third-order valence-electron chi connectivity index (χ3n) is 4.79. The number of benzene rings is 3. The lowest BCUT2D eigenvalue weighted by atomic mass is 10.0. The molecule has 0 saturated carbocycles. The van der Waals surface area contributed by atoms with Gasteiger partial charge in [0.25, 0.3) is 0 Å². The molecule has 0 heterocycles. The van der Waals surface area contributed by atoms with E-state index in [0.29, 0.717) is 0 Å². The van der Waals surface area contributed by atoms with Crippen LogP contribution in [0.15, 0.2) is 72.8 Å². The summed E-state index contributed by atoms with van der Waals surface area (Å²) in [5.74, 6) is -0.564. The van der Waals surface area contributed by atoms with Crippen LogP contribution < -0.4 is 10.6 Å². The molecule has 3 aromatic rings. The van der Waals surface area contributed by atoms with E-state index in [1.54, 1.807) is 6.08 Å². The molecule has 152 valence electrons. The highest BCUT2D eigenvalue weighted by Gasteiger charge is 2.09. The second-order valence-corrected chi connectivity index (χ2v) is 7.36. The van der Waals surface area contributed by atoms with E-state index in [0.717, 1.165) is 39.1 Å². The summed E-state index contributed by atoms with van der Waals surface area (Å²) in [6.07, 6.45) is 3.19. The summed E-state index contributed by atoms with van der Waals surface area (Å²) in [6.45, 7) is 5.86. The molecule has 2 N–H and O–H groups in total. The third-order valence-corrected chi connectivity index (χ3v) is 4.79. The summed E-state index contributed by atoms with van der Waals surface area (Å²) >= 11 is 0. The lowest BCUT2D eigenvalue weighted by Crippen LogP contribution is -2.32. The van der Waals surface area contributed by atoms with Crippen LogP contribution in [-0.4, -0.2) is 18.4 Å². The van der Waals surface area contributed by atoms with E-state index in [2.05, 4.69) is 10.6 Å². The fourth-order valence-corrected chi connectivity index (χ4v) is 3.41. The maximum atomic E-state index is 12.2. The average Bonchev–Trinajstić information content (AvgIpc) is 2.74. The Labute approximate surface area is 177 Å². The number of hydrogen-bond donors (Lipinski definition) is 2. The molecule has 0 atom stereocenters. The van der Waals surface area contributed by atoms with Gasteiger partial charge in [-0.3, -0.25) is 9.59 Å². The van der Waals surface area contributed by atoms with Crippen LogP contribution in [0.3, 0.4) is 0 Å². The van der Waals surface area contributed by atoms with Crippen molar-refractivity contribution in [3.05, 3.63) is 95.1 Å². The lowest BCUT2D eigenvalue weighted by Gasteiger charge is -2.13. The van der Waals surface area contributed by atoms with Gasteiger partial charge in [-0.2, -0.15) is 0 Å². The highest BCUT2D eigenvalue weighted by Crippen LogP contribution is 2.22. The van der Waals surface area contributed by atoms with Gasteiger partial charge in [0.15, 0.2) is 0 Å². The second kappa shape index (κ2) is 9.70. The van der Waals surface area contributed by atoms with Crippen molar-refractivity contribution in [2.45, 2.75) is 20.8 Å². The fourth-order valence-electron chi connectivity index (χ4n) is 3.41. The summed E-state index contributed by atoms with van der Waals surface area (Å²) in [5.41, 5.74) is 7.08. The summed E-state index contributed by atoms with van der Waals surface area (Å²) in [4.78, 5) is 24.4. The normalized spacial score (nSPS) is 10.8. The minimum atomic E-state index is -0.312. The number of aryl methyl sites for hydroxylation is 3. The van der Waals surface area contributed by atoms with Gasteiger partial charge in [-0.15, -0.1) is 0 Å². The van der Waals surface area contributed by atoms with Gasteiger partial charge in [-0.25, -0.2) is 0 Å². The van der Waals surface area contributed by atoms with Gasteiger partial charge >= 0.3 is 0 Å². The molecule has 30 heavy (non-hydrogen) atoms. The predicted molar refractivity (Wildman–Crippen MR) is 123 cm³/mol. The third kappa shape index (κ3) is 5.67. The Balaban J connectivity index is 1.56. The van der Waals surface area contributed by atoms with Crippen LogP contribution in [0.2, 0.25) is 0 Å². The predicted octanol–water partition coefficient (Wildman–Crippen LogP) is 5.05. The molecule has 0 aliphatic rings. The molecule has 0 saturated heterocycles. The molecular weight excluding hydrogens is 372 g/mol. The highest BCUT2D eigenvalue weighted by atomic mass is 16.2. The molecule has 0 radical (unpaired) electrons. The monoisotopic (exact) mass is 398 g/mol. The first-order chi connectivity index (χ1) is 14.4. The van der Waals surface area contributed by atoms with E-state index in [4.69, 9.17) is 0 Å². The number of rotatable bonds is 6. The van der Waals surface area contributed by atoms with E-state index in [-0.39, 0.29) is 18.4 Å². The van der Waals surface area contributed by atoms with E-state index in [1.165, 1.54) is 6.08 Å². The van der Waals surface area contributed by atoms with Gasteiger partial charge < -0.3 is 10.6 Å².